The van der Waals surface area contributed by atoms with Crippen LogP contribution in [0.25, 0.3) is 0 Å². The number of rotatable bonds is 3. The van der Waals surface area contributed by atoms with Crippen molar-refractivity contribution in [1.82, 2.24) is 0 Å². The smallest absolute Gasteiger partial charge is 0.725 e. The number of hydrogen-bond donors (Lipinski definition) is 1. The van der Waals surface area contributed by atoms with Gasteiger partial charge in [0.05, 0.1) is 5.75 Å². The van der Waals surface area contributed by atoms with Crippen LogP contribution in [0.3, 0.4) is 0 Å². The van der Waals surface area contributed by atoms with E-state index in [1.165, 1.54) is 0 Å². The molecule has 0 aliphatic carbocycles. The molecule has 2 N–H and O–H groups in total. The van der Waals surface area contributed by atoms with E-state index in [4.69, 9.17) is 5.73 Å². The molecule has 98 valence electrons. The second-order valence-electron chi connectivity index (χ2n) is 2.73. The van der Waals surface area contributed by atoms with E-state index in [-0.39, 0.29) is 29.6 Å². The predicted octanol–water partition coefficient (Wildman–Crippen LogP) is -2.91. The van der Waals surface area contributed by atoms with Crippen LogP contribution in [0.2, 0.25) is 0 Å². The van der Waals surface area contributed by atoms with E-state index in [9.17, 15) is 21.4 Å². The SMILES string of the molecule is CCS(=O)(=O)OS(=O)(=O)[O-].Nc1ccccc1.[Na+]. The average Bonchev–Trinajstić information content (AvgIpc) is 2.16. The third-order valence-electron chi connectivity index (χ3n) is 1.34. The Labute approximate surface area is 129 Å². The fraction of sp³-hybridized carbons (Fsp3) is 0.250. The summed E-state index contributed by atoms with van der Waals surface area (Å²) in [5, 5.41) is 0. The average molecular weight is 305 g/mol. The number of nitrogens with two attached hydrogens (primary N) is 1. The minimum atomic E-state index is -5.13. The first-order valence-electron chi connectivity index (χ1n) is 4.36. The van der Waals surface area contributed by atoms with E-state index < -0.39 is 26.3 Å². The van der Waals surface area contributed by atoms with Crippen molar-refractivity contribution in [3.05, 3.63) is 30.3 Å². The minimum absolute atomic E-state index is 0. The van der Waals surface area contributed by atoms with E-state index in [2.05, 4.69) is 3.63 Å². The van der Waals surface area contributed by atoms with Gasteiger partial charge in [0.15, 0.2) is 0 Å². The van der Waals surface area contributed by atoms with Gasteiger partial charge >= 0.3 is 29.6 Å². The standard InChI is InChI=1S/C6H7N.C2H6O6S2.Na/c7-6-4-2-1-3-5-6;1-2-9(3,4)8-10(5,6)7;/h1-5H,7H2;2H2,1H3,(H,5,6,7);/q;;+1/p-1. The number of benzene rings is 1. The van der Waals surface area contributed by atoms with Crippen molar-refractivity contribution in [3.63, 3.8) is 0 Å². The summed E-state index contributed by atoms with van der Waals surface area (Å²) in [5.74, 6) is -0.547. The van der Waals surface area contributed by atoms with E-state index in [0.717, 1.165) is 12.6 Å². The zero-order chi connectivity index (χ0) is 13.5. The molecule has 0 radical (unpaired) electrons. The largest absolute Gasteiger partial charge is 1.00 e. The molecule has 0 spiro atoms. The summed E-state index contributed by atoms with van der Waals surface area (Å²) in [6.07, 6.45) is 0. The monoisotopic (exact) mass is 305 g/mol. The molecule has 1 rings (SSSR count). The molecule has 18 heavy (non-hydrogen) atoms. The van der Waals surface area contributed by atoms with Crippen molar-refractivity contribution in [2.24, 2.45) is 0 Å². The van der Waals surface area contributed by atoms with Gasteiger partial charge in [0, 0.05) is 5.69 Å². The number of nitrogen functional groups attached to an aromatic ring is 1. The van der Waals surface area contributed by atoms with Gasteiger partial charge in [0.2, 0.25) is 10.4 Å². The van der Waals surface area contributed by atoms with Gasteiger partial charge in [-0.2, -0.15) is 12.0 Å². The molecular formula is C8H12NNaO6S2. The molecule has 1 aromatic rings. The van der Waals surface area contributed by atoms with Crippen LogP contribution in [0.1, 0.15) is 6.92 Å². The fourth-order valence-electron chi connectivity index (χ4n) is 0.628. The maximum atomic E-state index is 10.2. The molecule has 0 aliphatic rings. The molecule has 0 saturated heterocycles. The van der Waals surface area contributed by atoms with Crippen LogP contribution in [0, 0.1) is 0 Å². The van der Waals surface area contributed by atoms with E-state index >= 15 is 0 Å². The van der Waals surface area contributed by atoms with Gasteiger partial charge in [-0.1, -0.05) is 18.2 Å². The van der Waals surface area contributed by atoms with E-state index in [1.807, 2.05) is 30.3 Å². The third kappa shape index (κ3) is 12.3. The van der Waals surface area contributed by atoms with Crippen LogP contribution in [-0.4, -0.2) is 27.1 Å². The maximum absolute atomic E-state index is 10.2. The van der Waals surface area contributed by atoms with Gasteiger partial charge < -0.3 is 10.3 Å². The number of para-hydroxylation sites is 1. The summed E-state index contributed by atoms with van der Waals surface area (Å²) < 4.78 is 52.5. The first kappa shape index (κ1) is 20.2. The van der Waals surface area contributed by atoms with E-state index in [0.29, 0.717) is 0 Å². The molecule has 0 atom stereocenters. The Hall–Kier alpha value is -0.160. The van der Waals surface area contributed by atoms with Gasteiger partial charge in [-0.05, 0) is 19.1 Å². The third-order valence-corrected chi connectivity index (χ3v) is 3.54. The number of hydrogen-bond acceptors (Lipinski definition) is 7. The Bertz CT molecular complexity index is 528. The van der Waals surface area contributed by atoms with Crippen molar-refractivity contribution in [1.29, 1.82) is 0 Å². The summed E-state index contributed by atoms with van der Waals surface area (Å²) in [6, 6.07) is 9.49. The summed E-state index contributed by atoms with van der Waals surface area (Å²) in [4.78, 5) is 0. The van der Waals surface area contributed by atoms with Gasteiger partial charge in [0.1, 0.15) is 0 Å². The zero-order valence-corrected chi connectivity index (χ0v) is 13.6. The molecule has 0 aromatic heterocycles. The Morgan fingerprint density at radius 3 is 1.78 bits per heavy atom. The zero-order valence-electron chi connectivity index (χ0n) is 9.94. The van der Waals surface area contributed by atoms with Crippen LogP contribution < -0.4 is 35.3 Å². The topological polar surface area (TPSA) is 127 Å². The van der Waals surface area contributed by atoms with Crippen molar-refractivity contribution in [2.75, 3.05) is 11.5 Å². The molecule has 0 fully saturated rings. The van der Waals surface area contributed by atoms with Gasteiger partial charge in [0.25, 0.3) is 10.1 Å². The Kier molecular flexibility index (Phi) is 9.92. The van der Waals surface area contributed by atoms with Crippen LogP contribution >= 0.6 is 0 Å². The molecule has 0 heterocycles. The molecule has 0 aliphatic heterocycles. The van der Waals surface area contributed by atoms with Crippen LogP contribution in [0.15, 0.2) is 30.3 Å². The minimum Gasteiger partial charge on any atom is -0.725 e. The molecule has 0 saturated carbocycles. The molecule has 0 unspecified atom stereocenters. The van der Waals surface area contributed by atoms with Crippen LogP contribution in [-0.2, 0) is 24.1 Å². The Balaban J connectivity index is 0. The molecule has 0 bridgehead atoms. The van der Waals surface area contributed by atoms with Crippen molar-refractivity contribution >= 4 is 26.2 Å². The van der Waals surface area contributed by atoms with Crippen LogP contribution in [0.5, 0.6) is 0 Å². The predicted molar refractivity (Wildman–Crippen MR) is 61.1 cm³/mol. The van der Waals surface area contributed by atoms with Gasteiger partial charge in [-0.15, -0.1) is 0 Å². The molecular weight excluding hydrogens is 293 g/mol. The number of anilines is 1. The molecule has 1 aromatic carbocycles. The Morgan fingerprint density at radius 2 is 1.61 bits per heavy atom. The summed E-state index contributed by atoms with van der Waals surface area (Å²) >= 11 is 0. The summed E-state index contributed by atoms with van der Waals surface area (Å²) in [7, 11) is -9.31. The summed E-state index contributed by atoms with van der Waals surface area (Å²) in [5.41, 5.74) is 6.18. The molecule has 10 heteroatoms. The van der Waals surface area contributed by atoms with Crippen LogP contribution in [0.4, 0.5) is 5.69 Å². The van der Waals surface area contributed by atoms with Gasteiger partial charge in [-0.25, -0.2) is 8.42 Å². The van der Waals surface area contributed by atoms with Gasteiger partial charge in [-0.3, -0.25) is 0 Å². The quantitative estimate of drug-likeness (QED) is 0.274. The molecule has 0 amide bonds. The first-order chi connectivity index (χ1) is 7.66. The second kappa shape index (κ2) is 8.86. The fourth-order valence-corrected chi connectivity index (χ4v) is 2.03. The van der Waals surface area contributed by atoms with Crippen molar-refractivity contribution in [3.8, 4) is 0 Å². The first-order valence-corrected chi connectivity index (χ1v) is 7.27. The molecule has 7 nitrogen and oxygen atoms in total. The van der Waals surface area contributed by atoms with Crippen molar-refractivity contribution < 1.29 is 54.6 Å². The second-order valence-corrected chi connectivity index (χ2v) is 5.79. The maximum Gasteiger partial charge on any atom is 1.00 e. The normalized spacial score (nSPS) is 10.8. The summed E-state index contributed by atoms with van der Waals surface area (Å²) in [6.45, 7) is 1.15. The van der Waals surface area contributed by atoms with Crippen molar-refractivity contribution in [2.45, 2.75) is 6.92 Å². The van der Waals surface area contributed by atoms with E-state index in [1.54, 1.807) is 0 Å². The Morgan fingerprint density at radius 1 is 1.17 bits per heavy atom.